The number of aromatic nitrogens is 4. The fraction of sp³-hybridized carbons (Fsp3) is 0.333. The number of H-pyrrole nitrogens is 1. The standard InChI is InChI=1S/C18H19N5O2S/c1-2-25-13-7-5-12(6-8-13)23-11-19-15-14(17(23)26)16(24)21-18(20-15)22-9-3-4-10-22/h5-8,11H,2-4,9-10H2,1H3,(H,20,21,24). The molecule has 2 aromatic heterocycles. The van der Waals surface area contributed by atoms with Gasteiger partial charge in [0.15, 0.2) is 5.65 Å². The Morgan fingerprint density at radius 1 is 1.23 bits per heavy atom. The Labute approximate surface area is 155 Å². The van der Waals surface area contributed by atoms with Crippen LogP contribution in [0.25, 0.3) is 16.7 Å². The molecule has 0 spiro atoms. The number of benzene rings is 1. The summed E-state index contributed by atoms with van der Waals surface area (Å²) in [6, 6.07) is 7.50. The van der Waals surface area contributed by atoms with Crippen LogP contribution in [0.5, 0.6) is 5.75 Å². The zero-order valence-corrected chi connectivity index (χ0v) is 15.3. The molecular weight excluding hydrogens is 350 g/mol. The van der Waals surface area contributed by atoms with Crippen LogP contribution in [-0.2, 0) is 0 Å². The van der Waals surface area contributed by atoms with Gasteiger partial charge in [-0.2, -0.15) is 4.98 Å². The molecule has 0 atom stereocenters. The summed E-state index contributed by atoms with van der Waals surface area (Å²) in [7, 11) is 0. The van der Waals surface area contributed by atoms with E-state index in [1.165, 1.54) is 0 Å². The second-order valence-electron chi connectivity index (χ2n) is 6.13. The Kier molecular flexibility index (Phi) is 4.42. The summed E-state index contributed by atoms with van der Waals surface area (Å²) in [4.78, 5) is 26.5. The van der Waals surface area contributed by atoms with E-state index < -0.39 is 0 Å². The van der Waals surface area contributed by atoms with Crippen molar-refractivity contribution in [3.05, 3.63) is 45.6 Å². The van der Waals surface area contributed by atoms with Crippen LogP contribution in [0.2, 0.25) is 0 Å². The highest BCUT2D eigenvalue weighted by molar-refractivity contribution is 7.71. The molecule has 0 saturated carbocycles. The van der Waals surface area contributed by atoms with E-state index >= 15 is 0 Å². The average molecular weight is 369 g/mol. The number of nitrogens with zero attached hydrogens (tertiary/aromatic N) is 4. The molecule has 1 fully saturated rings. The first-order valence-corrected chi connectivity index (χ1v) is 9.08. The predicted octanol–water partition coefficient (Wildman–Crippen LogP) is 2.84. The number of fused-ring (bicyclic) bond motifs is 1. The van der Waals surface area contributed by atoms with Gasteiger partial charge in [-0.05, 0) is 44.0 Å². The van der Waals surface area contributed by atoms with Gasteiger partial charge >= 0.3 is 0 Å². The average Bonchev–Trinajstić information content (AvgIpc) is 3.17. The Balaban J connectivity index is 1.79. The Morgan fingerprint density at radius 2 is 1.96 bits per heavy atom. The highest BCUT2D eigenvalue weighted by atomic mass is 32.1. The lowest BCUT2D eigenvalue weighted by Crippen LogP contribution is -2.24. The van der Waals surface area contributed by atoms with Crippen molar-refractivity contribution in [3.8, 4) is 11.4 Å². The molecule has 26 heavy (non-hydrogen) atoms. The third-order valence-corrected chi connectivity index (χ3v) is 4.85. The second-order valence-corrected chi connectivity index (χ2v) is 6.52. The minimum atomic E-state index is -0.255. The first-order chi connectivity index (χ1) is 12.7. The van der Waals surface area contributed by atoms with Gasteiger partial charge in [-0.3, -0.25) is 14.3 Å². The van der Waals surface area contributed by atoms with Gasteiger partial charge in [-0.15, -0.1) is 0 Å². The van der Waals surface area contributed by atoms with Crippen molar-refractivity contribution in [2.45, 2.75) is 19.8 Å². The summed E-state index contributed by atoms with van der Waals surface area (Å²) < 4.78 is 7.56. The largest absolute Gasteiger partial charge is 0.494 e. The molecule has 0 aliphatic carbocycles. The van der Waals surface area contributed by atoms with E-state index in [2.05, 4.69) is 19.9 Å². The zero-order valence-electron chi connectivity index (χ0n) is 14.4. The lowest BCUT2D eigenvalue weighted by atomic mass is 10.3. The lowest BCUT2D eigenvalue weighted by molar-refractivity contribution is 0.340. The normalized spacial score (nSPS) is 14.1. The first-order valence-electron chi connectivity index (χ1n) is 8.67. The fourth-order valence-corrected chi connectivity index (χ4v) is 3.49. The van der Waals surface area contributed by atoms with Crippen molar-refractivity contribution in [1.29, 1.82) is 0 Å². The van der Waals surface area contributed by atoms with E-state index in [0.717, 1.165) is 37.4 Å². The second kappa shape index (κ2) is 6.87. The highest BCUT2D eigenvalue weighted by Crippen LogP contribution is 2.19. The molecule has 1 aliphatic rings. The highest BCUT2D eigenvalue weighted by Gasteiger charge is 2.17. The molecule has 1 saturated heterocycles. The maximum atomic E-state index is 12.6. The summed E-state index contributed by atoms with van der Waals surface area (Å²) >= 11 is 5.54. The maximum Gasteiger partial charge on any atom is 0.264 e. The number of hydrogen-bond acceptors (Lipinski definition) is 6. The molecule has 0 amide bonds. The molecular formula is C18H19N5O2S. The Hall–Kier alpha value is -2.74. The van der Waals surface area contributed by atoms with Crippen molar-refractivity contribution in [1.82, 2.24) is 19.5 Å². The molecule has 0 radical (unpaired) electrons. The Morgan fingerprint density at radius 3 is 2.65 bits per heavy atom. The third-order valence-electron chi connectivity index (χ3n) is 4.45. The van der Waals surface area contributed by atoms with Gasteiger partial charge in [0.25, 0.3) is 5.56 Å². The molecule has 3 aromatic rings. The van der Waals surface area contributed by atoms with Crippen LogP contribution in [0, 0.1) is 4.64 Å². The number of ether oxygens (including phenoxy) is 1. The fourth-order valence-electron chi connectivity index (χ4n) is 3.15. The van der Waals surface area contributed by atoms with Crippen LogP contribution in [0.3, 0.4) is 0 Å². The van der Waals surface area contributed by atoms with Gasteiger partial charge in [-0.1, -0.05) is 12.2 Å². The van der Waals surface area contributed by atoms with Crippen molar-refractivity contribution in [2.24, 2.45) is 0 Å². The summed E-state index contributed by atoms with van der Waals surface area (Å²) in [6.45, 7) is 4.34. The van der Waals surface area contributed by atoms with Crippen LogP contribution in [0.4, 0.5) is 5.95 Å². The van der Waals surface area contributed by atoms with Crippen LogP contribution >= 0.6 is 12.2 Å². The summed E-state index contributed by atoms with van der Waals surface area (Å²) in [6.07, 6.45) is 3.82. The van der Waals surface area contributed by atoms with Crippen molar-refractivity contribution >= 4 is 29.2 Å². The molecule has 8 heteroatoms. The van der Waals surface area contributed by atoms with Gasteiger partial charge in [0.1, 0.15) is 22.1 Å². The van der Waals surface area contributed by atoms with E-state index in [9.17, 15) is 4.79 Å². The monoisotopic (exact) mass is 369 g/mol. The molecule has 0 unspecified atom stereocenters. The van der Waals surface area contributed by atoms with Crippen molar-refractivity contribution in [2.75, 3.05) is 24.6 Å². The van der Waals surface area contributed by atoms with E-state index in [1.807, 2.05) is 31.2 Å². The summed E-state index contributed by atoms with van der Waals surface area (Å²) in [5.74, 6) is 1.35. The minimum absolute atomic E-state index is 0.255. The Bertz CT molecular complexity index is 1050. The van der Waals surface area contributed by atoms with Gasteiger partial charge in [0, 0.05) is 18.8 Å². The SMILES string of the molecule is CCOc1ccc(-n2cnc3nc(N4CCCC4)[nH]c(=O)c3c2=S)cc1. The topological polar surface area (TPSA) is 76.0 Å². The molecule has 3 heterocycles. The van der Waals surface area contributed by atoms with Crippen LogP contribution in [0.15, 0.2) is 35.4 Å². The first kappa shape index (κ1) is 16.7. The van der Waals surface area contributed by atoms with Crippen molar-refractivity contribution in [3.63, 3.8) is 0 Å². The molecule has 0 bridgehead atoms. The zero-order chi connectivity index (χ0) is 18.1. The lowest BCUT2D eigenvalue weighted by Gasteiger charge is -2.16. The van der Waals surface area contributed by atoms with Crippen LogP contribution < -0.4 is 15.2 Å². The van der Waals surface area contributed by atoms with Gasteiger partial charge < -0.3 is 9.64 Å². The number of hydrogen-bond donors (Lipinski definition) is 1. The van der Waals surface area contributed by atoms with E-state index in [0.29, 0.717) is 28.2 Å². The maximum absolute atomic E-state index is 12.6. The van der Waals surface area contributed by atoms with E-state index in [1.54, 1.807) is 10.9 Å². The minimum Gasteiger partial charge on any atom is -0.494 e. The summed E-state index contributed by atoms with van der Waals surface area (Å²) in [5, 5.41) is 0.333. The van der Waals surface area contributed by atoms with Crippen LogP contribution in [-0.4, -0.2) is 39.2 Å². The number of nitrogens with one attached hydrogen (secondary N) is 1. The van der Waals surface area contributed by atoms with Gasteiger partial charge in [0.2, 0.25) is 5.95 Å². The number of anilines is 1. The van der Waals surface area contributed by atoms with Gasteiger partial charge in [-0.25, -0.2) is 4.98 Å². The smallest absolute Gasteiger partial charge is 0.264 e. The molecule has 1 N–H and O–H groups in total. The predicted molar refractivity (Wildman–Crippen MR) is 103 cm³/mol. The number of rotatable bonds is 4. The quantitative estimate of drug-likeness (QED) is 0.713. The third kappa shape index (κ3) is 2.96. The molecule has 1 aliphatic heterocycles. The van der Waals surface area contributed by atoms with Crippen LogP contribution in [0.1, 0.15) is 19.8 Å². The van der Waals surface area contributed by atoms with E-state index in [-0.39, 0.29) is 5.56 Å². The molecule has 1 aromatic carbocycles. The molecule has 134 valence electrons. The molecule has 7 nitrogen and oxygen atoms in total. The number of aromatic amines is 1. The summed E-state index contributed by atoms with van der Waals surface area (Å²) in [5.41, 5.74) is 0.938. The van der Waals surface area contributed by atoms with Gasteiger partial charge in [0.05, 0.1) is 6.61 Å². The molecule has 4 rings (SSSR count). The van der Waals surface area contributed by atoms with Crippen molar-refractivity contribution < 1.29 is 4.74 Å². The van der Waals surface area contributed by atoms with E-state index in [4.69, 9.17) is 17.0 Å².